The van der Waals surface area contributed by atoms with E-state index >= 15 is 0 Å². The smallest absolute Gasteiger partial charge is 0.228 e. The van der Waals surface area contributed by atoms with Crippen molar-refractivity contribution in [2.45, 2.75) is 71.9 Å². The van der Waals surface area contributed by atoms with Crippen LogP contribution in [0, 0.1) is 11.8 Å². The summed E-state index contributed by atoms with van der Waals surface area (Å²) in [5.74, 6) is -1.18. The Labute approximate surface area is 212 Å². The number of carbonyl (C=O) groups excluding carboxylic acids is 3. The van der Waals surface area contributed by atoms with Crippen LogP contribution in [0.2, 0.25) is 5.02 Å². The quantitative estimate of drug-likeness (QED) is 0.644. The molecule has 2 aliphatic heterocycles. The first-order chi connectivity index (χ1) is 16.4. The Bertz CT molecular complexity index is 1160. The third kappa shape index (κ3) is 4.44. The van der Waals surface area contributed by atoms with Crippen LogP contribution in [0.5, 0.6) is 0 Å². The van der Waals surface area contributed by atoms with E-state index in [1.54, 1.807) is 0 Å². The van der Waals surface area contributed by atoms with Gasteiger partial charge in [0, 0.05) is 59.1 Å². The minimum absolute atomic E-state index is 0.0285. The molecule has 1 fully saturated rings. The van der Waals surface area contributed by atoms with E-state index in [4.69, 9.17) is 11.6 Å². The van der Waals surface area contributed by atoms with Crippen LogP contribution in [0.3, 0.4) is 0 Å². The van der Waals surface area contributed by atoms with Crippen molar-refractivity contribution in [3.05, 3.63) is 34.5 Å². The lowest BCUT2D eigenvalue weighted by atomic mass is 9.67. The normalized spacial score (nSPS) is 24.2. The largest absolute Gasteiger partial charge is 0.356 e. The molecule has 0 saturated carbocycles. The zero-order valence-electron chi connectivity index (χ0n) is 21.6. The first-order valence-electron chi connectivity index (χ1n) is 12.6. The highest BCUT2D eigenvalue weighted by Crippen LogP contribution is 2.50. The highest BCUT2D eigenvalue weighted by Gasteiger charge is 2.57. The second-order valence-corrected chi connectivity index (χ2v) is 11.5. The molecule has 190 valence electrons. The maximum atomic E-state index is 13.9. The Hall–Kier alpha value is -2.54. The van der Waals surface area contributed by atoms with Gasteiger partial charge in [0.25, 0.3) is 0 Å². The highest BCUT2D eigenvalue weighted by molar-refractivity contribution is 6.31. The molecule has 0 spiro atoms. The van der Waals surface area contributed by atoms with Gasteiger partial charge >= 0.3 is 0 Å². The number of benzene rings is 1. The van der Waals surface area contributed by atoms with Gasteiger partial charge in [-0.2, -0.15) is 0 Å². The fourth-order valence-corrected chi connectivity index (χ4v) is 6.17. The van der Waals surface area contributed by atoms with Crippen LogP contribution in [-0.2, 0) is 26.3 Å². The third-order valence-electron chi connectivity index (χ3n) is 7.65. The number of fused-ring (bicyclic) bond motifs is 5. The highest BCUT2D eigenvalue weighted by atomic mass is 35.5. The molecular formula is C27H37ClN4O3. The predicted molar refractivity (Wildman–Crippen MR) is 138 cm³/mol. The molecule has 2 aliphatic rings. The molecule has 8 heteroatoms. The Balaban J connectivity index is 1.79. The maximum Gasteiger partial charge on any atom is 0.228 e. The van der Waals surface area contributed by atoms with Crippen molar-refractivity contribution in [3.63, 3.8) is 0 Å². The van der Waals surface area contributed by atoms with Crippen molar-refractivity contribution in [1.29, 1.82) is 0 Å². The minimum Gasteiger partial charge on any atom is -0.356 e. The molecule has 3 heterocycles. The van der Waals surface area contributed by atoms with Gasteiger partial charge in [0.05, 0.1) is 11.5 Å². The van der Waals surface area contributed by atoms with Gasteiger partial charge < -0.3 is 20.1 Å². The summed E-state index contributed by atoms with van der Waals surface area (Å²) < 4.78 is 0. The van der Waals surface area contributed by atoms with Gasteiger partial charge in [0.1, 0.15) is 0 Å². The average molecular weight is 501 g/mol. The molecule has 0 aliphatic carbocycles. The lowest BCUT2D eigenvalue weighted by Crippen LogP contribution is -2.64. The number of carbonyl (C=O) groups is 3. The Morgan fingerprint density at radius 3 is 2.57 bits per heavy atom. The summed E-state index contributed by atoms with van der Waals surface area (Å²) in [6, 6.07) is 5.76. The molecule has 0 radical (unpaired) electrons. The lowest BCUT2D eigenvalue weighted by molar-refractivity contribution is -0.164. The molecule has 0 bridgehead atoms. The van der Waals surface area contributed by atoms with Crippen LogP contribution in [0.25, 0.3) is 10.9 Å². The number of nitrogens with one attached hydrogen (secondary N) is 2. The van der Waals surface area contributed by atoms with E-state index in [1.165, 1.54) is 0 Å². The first kappa shape index (κ1) is 25.5. The monoisotopic (exact) mass is 500 g/mol. The number of aromatic nitrogens is 1. The van der Waals surface area contributed by atoms with E-state index in [9.17, 15) is 14.4 Å². The van der Waals surface area contributed by atoms with Gasteiger partial charge in [0.2, 0.25) is 17.7 Å². The van der Waals surface area contributed by atoms with Gasteiger partial charge in [-0.3, -0.25) is 14.4 Å². The average Bonchev–Trinajstić information content (AvgIpc) is 3.14. The zero-order chi connectivity index (χ0) is 25.7. The number of rotatable bonds is 5. The molecule has 7 nitrogen and oxygen atoms in total. The number of hydrogen-bond acceptors (Lipinski definition) is 3. The summed E-state index contributed by atoms with van der Waals surface area (Å²) in [6.45, 7) is 13.4. The Morgan fingerprint density at radius 2 is 1.94 bits per heavy atom. The SMILES string of the molecule is CCN(CC)C(=O)[C@H]1C[C@H](CC(=O)NC(C)(C)C)C(=O)N2CCc3c([nH]c4ccc(Cl)cc34)[C@]12C. The number of amides is 3. The zero-order valence-corrected chi connectivity index (χ0v) is 22.4. The maximum absolute atomic E-state index is 13.9. The van der Waals surface area contributed by atoms with E-state index in [0.717, 1.165) is 22.2 Å². The van der Waals surface area contributed by atoms with Crippen LogP contribution in [0.4, 0.5) is 0 Å². The van der Waals surface area contributed by atoms with Crippen molar-refractivity contribution in [3.8, 4) is 0 Å². The molecule has 4 rings (SSSR count). The van der Waals surface area contributed by atoms with Gasteiger partial charge in [0.15, 0.2) is 0 Å². The molecule has 3 amide bonds. The van der Waals surface area contributed by atoms with Crippen LogP contribution in [0.15, 0.2) is 18.2 Å². The van der Waals surface area contributed by atoms with Crippen molar-refractivity contribution >= 4 is 40.2 Å². The molecule has 2 aromatic rings. The minimum atomic E-state index is -0.827. The topological polar surface area (TPSA) is 85.5 Å². The van der Waals surface area contributed by atoms with Crippen molar-refractivity contribution in [1.82, 2.24) is 20.1 Å². The number of nitrogens with zero attached hydrogens (tertiary/aromatic N) is 2. The van der Waals surface area contributed by atoms with Crippen LogP contribution < -0.4 is 5.32 Å². The summed E-state index contributed by atoms with van der Waals surface area (Å²) in [6.07, 6.45) is 1.10. The summed E-state index contributed by atoms with van der Waals surface area (Å²) in [4.78, 5) is 47.8. The van der Waals surface area contributed by atoms with Crippen LogP contribution >= 0.6 is 11.6 Å². The van der Waals surface area contributed by atoms with Crippen molar-refractivity contribution in [2.24, 2.45) is 11.8 Å². The standard InChI is InChI=1S/C27H37ClN4O3/c1-7-31(8-2)25(35)20-13-16(14-22(33)30-26(3,4)5)24(34)32-12-11-18-19-15-17(28)9-10-21(19)29-23(18)27(20,32)6/h9-10,15-16,20,29H,7-8,11-14H2,1-6H3,(H,30,33)/t16-,20-,27+/m1/s1. The molecule has 35 heavy (non-hydrogen) atoms. The van der Waals surface area contributed by atoms with Crippen LogP contribution in [-0.4, -0.2) is 57.7 Å². The van der Waals surface area contributed by atoms with Gasteiger partial charge in [-0.25, -0.2) is 0 Å². The summed E-state index contributed by atoms with van der Waals surface area (Å²) in [5, 5.41) is 4.68. The first-order valence-corrected chi connectivity index (χ1v) is 13.0. The van der Waals surface area contributed by atoms with Gasteiger partial charge in [-0.05, 0) is 78.1 Å². The van der Waals surface area contributed by atoms with E-state index < -0.39 is 17.4 Å². The lowest BCUT2D eigenvalue weighted by Gasteiger charge is -2.54. The second-order valence-electron chi connectivity index (χ2n) is 11.1. The van der Waals surface area contributed by atoms with Crippen molar-refractivity contribution in [2.75, 3.05) is 19.6 Å². The van der Waals surface area contributed by atoms with Gasteiger partial charge in [-0.1, -0.05) is 11.6 Å². The summed E-state index contributed by atoms with van der Waals surface area (Å²) in [7, 11) is 0. The number of aromatic amines is 1. The third-order valence-corrected chi connectivity index (χ3v) is 7.89. The second kappa shape index (κ2) is 9.16. The molecule has 1 aromatic carbocycles. The number of halogens is 1. The summed E-state index contributed by atoms with van der Waals surface area (Å²) in [5.41, 5.74) is 1.78. The fraction of sp³-hybridized carbons (Fsp3) is 0.593. The molecule has 1 aromatic heterocycles. The molecular weight excluding hydrogens is 464 g/mol. The molecule has 2 N–H and O–H groups in total. The Morgan fingerprint density at radius 1 is 1.26 bits per heavy atom. The van der Waals surface area contributed by atoms with Gasteiger partial charge in [-0.15, -0.1) is 0 Å². The molecule has 1 saturated heterocycles. The summed E-state index contributed by atoms with van der Waals surface area (Å²) >= 11 is 6.31. The fourth-order valence-electron chi connectivity index (χ4n) is 6.00. The van der Waals surface area contributed by atoms with E-state index in [2.05, 4.69) is 10.3 Å². The number of H-pyrrole nitrogens is 1. The number of piperidine rings is 1. The molecule has 0 unspecified atom stereocenters. The predicted octanol–water partition coefficient (Wildman–Crippen LogP) is 4.23. The Kier molecular flexibility index (Phi) is 6.68. The van der Waals surface area contributed by atoms with E-state index in [1.807, 2.05) is 69.5 Å². The molecule has 3 atom stereocenters. The van der Waals surface area contributed by atoms with Crippen LogP contribution in [0.1, 0.15) is 65.6 Å². The number of hydrogen-bond donors (Lipinski definition) is 2. The van der Waals surface area contributed by atoms with E-state index in [0.29, 0.717) is 37.5 Å². The van der Waals surface area contributed by atoms with E-state index in [-0.39, 0.29) is 29.7 Å². The van der Waals surface area contributed by atoms with Crippen molar-refractivity contribution < 1.29 is 14.4 Å².